The smallest absolute Gasteiger partial charge is 0.206 e. The van der Waals surface area contributed by atoms with E-state index in [4.69, 9.17) is 5.73 Å². The fraction of sp³-hybridized carbons (Fsp3) is 0.0769. The lowest BCUT2D eigenvalue weighted by atomic mass is 10.2. The average Bonchev–Trinajstić information content (AvgIpc) is 2.39. The largest absolute Gasteiger partial charge is 0.326 e. The van der Waals surface area contributed by atoms with Crippen molar-refractivity contribution in [3.05, 3.63) is 58.6 Å². The Labute approximate surface area is 115 Å². The van der Waals surface area contributed by atoms with Gasteiger partial charge < -0.3 is 5.73 Å². The molecule has 2 rings (SSSR count). The fourth-order valence-corrected chi connectivity index (χ4v) is 3.18. The molecule has 2 N–H and O–H groups in total. The van der Waals surface area contributed by atoms with Crippen LogP contribution in [-0.4, -0.2) is 8.42 Å². The Kier molecular flexibility index (Phi) is 3.85. The summed E-state index contributed by atoms with van der Waals surface area (Å²) >= 11 is 3.28. The number of hydrogen-bond acceptors (Lipinski definition) is 3. The summed E-state index contributed by atoms with van der Waals surface area (Å²) in [6.45, 7) is 0.323. The van der Waals surface area contributed by atoms with Gasteiger partial charge in [-0.2, -0.15) is 0 Å². The standard InChI is InChI=1S/C13H12BrNO2S/c14-11-4-6-12(7-5-11)18(16,17)13-3-1-2-10(8-13)9-15/h1-8H,9,15H2. The van der Waals surface area contributed by atoms with Crippen molar-refractivity contribution in [3.63, 3.8) is 0 Å². The van der Waals surface area contributed by atoms with Crippen LogP contribution in [0.3, 0.4) is 0 Å². The molecule has 2 aromatic carbocycles. The van der Waals surface area contributed by atoms with Gasteiger partial charge in [-0.15, -0.1) is 0 Å². The predicted molar refractivity (Wildman–Crippen MR) is 73.9 cm³/mol. The van der Waals surface area contributed by atoms with Gasteiger partial charge in [-0.3, -0.25) is 0 Å². The van der Waals surface area contributed by atoms with E-state index < -0.39 is 9.84 Å². The third kappa shape index (κ3) is 2.63. The lowest BCUT2D eigenvalue weighted by Crippen LogP contribution is -2.04. The molecule has 2 aromatic rings. The first-order valence-electron chi connectivity index (χ1n) is 5.34. The Morgan fingerprint density at radius 1 is 1.00 bits per heavy atom. The van der Waals surface area contributed by atoms with Crippen LogP contribution in [0.2, 0.25) is 0 Å². The molecular weight excluding hydrogens is 314 g/mol. The first-order valence-corrected chi connectivity index (χ1v) is 7.61. The summed E-state index contributed by atoms with van der Waals surface area (Å²) in [5, 5.41) is 0. The molecule has 0 aliphatic heterocycles. The molecule has 0 amide bonds. The number of sulfone groups is 1. The maximum absolute atomic E-state index is 12.4. The van der Waals surface area contributed by atoms with Crippen molar-refractivity contribution in [1.29, 1.82) is 0 Å². The molecule has 0 saturated heterocycles. The summed E-state index contributed by atoms with van der Waals surface area (Å²) in [6, 6.07) is 13.3. The van der Waals surface area contributed by atoms with Crippen LogP contribution < -0.4 is 5.73 Å². The first kappa shape index (κ1) is 13.3. The lowest BCUT2D eigenvalue weighted by molar-refractivity contribution is 0.596. The lowest BCUT2D eigenvalue weighted by Gasteiger charge is -2.06. The molecule has 0 aliphatic carbocycles. The van der Waals surface area contributed by atoms with E-state index in [2.05, 4.69) is 15.9 Å². The van der Waals surface area contributed by atoms with E-state index in [9.17, 15) is 8.42 Å². The van der Waals surface area contributed by atoms with Crippen LogP contribution in [0.1, 0.15) is 5.56 Å². The summed E-state index contributed by atoms with van der Waals surface area (Å²) in [5.41, 5.74) is 6.32. The minimum Gasteiger partial charge on any atom is -0.326 e. The molecule has 0 radical (unpaired) electrons. The Morgan fingerprint density at radius 3 is 2.28 bits per heavy atom. The van der Waals surface area contributed by atoms with Crippen molar-refractivity contribution in [3.8, 4) is 0 Å². The molecular formula is C13H12BrNO2S. The highest BCUT2D eigenvalue weighted by molar-refractivity contribution is 9.10. The van der Waals surface area contributed by atoms with Gasteiger partial charge in [-0.05, 0) is 42.0 Å². The van der Waals surface area contributed by atoms with Gasteiger partial charge in [-0.25, -0.2) is 8.42 Å². The third-order valence-corrected chi connectivity index (χ3v) is 4.86. The third-order valence-electron chi connectivity index (χ3n) is 2.57. The zero-order valence-corrected chi connectivity index (χ0v) is 11.9. The molecule has 0 heterocycles. The molecule has 0 aliphatic rings. The molecule has 0 aromatic heterocycles. The van der Waals surface area contributed by atoms with Gasteiger partial charge in [0.25, 0.3) is 0 Å². The second-order valence-electron chi connectivity index (χ2n) is 3.81. The van der Waals surface area contributed by atoms with Gasteiger partial charge in [0.2, 0.25) is 9.84 Å². The van der Waals surface area contributed by atoms with E-state index in [1.165, 1.54) is 0 Å². The van der Waals surface area contributed by atoms with Crippen molar-refractivity contribution >= 4 is 25.8 Å². The first-order chi connectivity index (χ1) is 8.54. The molecule has 18 heavy (non-hydrogen) atoms. The van der Waals surface area contributed by atoms with Gasteiger partial charge in [0.15, 0.2) is 0 Å². The zero-order valence-electron chi connectivity index (χ0n) is 9.51. The second kappa shape index (κ2) is 5.22. The molecule has 0 unspecified atom stereocenters. The van der Waals surface area contributed by atoms with Crippen LogP contribution >= 0.6 is 15.9 Å². The van der Waals surface area contributed by atoms with Gasteiger partial charge >= 0.3 is 0 Å². The quantitative estimate of drug-likeness (QED) is 0.943. The van der Waals surface area contributed by atoms with Crippen LogP contribution in [0.5, 0.6) is 0 Å². The van der Waals surface area contributed by atoms with Crippen molar-refractivity contribution < 1.29 is 8.42 Å². The van der Waals surface area contributed by atoms with Crippen LogP contribution in [0.25, 0.3) is 0 Å². The van der Waals surface area contributed by atoms with Crippen LogP contribution in [0.15, 0.2) is 62.8 Å². The SMILES string of the molecule is NCc1cccc(S(=O)(=O)c2ccc(Br)cc2)c1. The fourth-order valence-electron chi connectivity index (χ4n) is 1.59. The molecule has 0 fully saturated rings. The molecule has 3 nitrogen and oxygen atoms in total. The van der Waals surface area contributed by atoms with E-state index in [-0.39, 0.29) is 9.79 Å². The van der Waals surface area contributed by atoms with Crippen molar-refractivity contribution in [2.45, 2.75) is 16.3 Å². The second-order valence-corrected chi connectivity index (χ2v) is 6.67. The summed E-state index contributed by atoms with van der Waals surface area (Å²) in [7, 11) is -3.46. The van der Waals surface area contributed by atoms with Crippen LogP contribution in [0.4, 0.5) is 0 Å². The van der Waals surface area contributed by atoms with E-state index in [0.29, 0.717) is 6.54 Å². The van der Waals surface area contributed by atoms with E-state index in [1.807, 2.05) is 0 Å². The minimum atomic E-state index is -3.46. The van der Waals surface area contributed by atoms with Gasteiger partial charge in [0.05, 0.1) is 9.79 Å². The van der Waals surface area contributed by atoms with Crippen LogP contribution in [-0.2, 0) is 16.4 Å². The van der Waals surface area contributed by atoms with Gasteiger partial charge in [0, 0.05) is 11.0 Å². The van der Waals surface area contributed by atoms with Gasteiger partial charge in [-0.1, -0.05) is 28.1 Å². The average molecular weight is 326 g/mol. The molecule has 0 atom stereocenters. The Hall–Kier alpha value is -1.17. The number of benzene rings is 2. The predicted octanol–water partition coefficient (Wildman–Crippen LogP) is 2.74. The van der Waals surface area contributed by atoms with E-state index in [0.717, 1.165) is 10.0 Å². The highest BCUT2D eigenvalue weighted by Gasteiger charge is 2.17. The van der Waals surface area contributed by atoms with E-state index >= 15 is 0 Å². The number of rotatable bonds is 3. The highest BCUT2D eigenvalue weighted by Crippen LogP contribution is 2.23. The van der Waals surface area contributed by atoms with Gasteiger partial charge in [0.1, 0.15) is 0 Å². The van der Waals surface area contributed by atoms with Crippen LogP contribution in [0, 0.1) is 0 Å². The molecule has 94 valence electrons. The number of nitrogens with two attached hydrogens (primary N) is 1. The monoisotopic (exact) mass is 325 g/mol. The Bertz CT molecular complexity index is 651. The Balaban J connectivity index is 2.50. The summed E-state index contributed by atoms with van der Waals surface area (Å²) < 4.78 is 25.6. The summed E-state index contributed by atoms with van der Waals surface area (Å²) in [4.78, 5) is 0.549. The molecule has 0 bridgehead atoms. The number of halogens is 1. The Morgan fingerprint density at radius 2 is 1.67 bits per heavy atom. The summed E-state index contributed by atoms with van der Waals surface area (Å²) in [6.07, 6.45) is 0. The molecule has 0 saturated carbocycles. The maximum Gasteiger partial charge on any atom is 0.206 e. The molecule has 0 spiro atoms. The normalized spacial score (nSPS) is 11.4. The summed E-state index contributed by atoms with van der Waals surface area (Å²) in [5.74, 6) is 0. The highest BCUT2D eigenvalue weighted by atomic mass is 79.9. The number of hydrogen-bond donors (Lipinski definition) is 1. The minimum absolute atomic E-state index is 0.271. The maximum atomic E-state index is 12.4. The zero-order chi connectivity index (χ0) is 13.2. The van der Waals surface area contributed by atoms with Crippen molar-refractivity contribution in [2.24, 2.45) is 5.73 Å². The van der Waals surface area contributed by atoms with E-state index in [1.54, 1.807) is 48.5 Å². The molecule has 5 heteroatoms. The topological polar surface area (TPSA) is 60.2 Å². The van der Waals surface area contributed by atoms with Crippen molar-refractivity contribution in [2.75, 3.05) is 0 Å². The van der Waals surface area contributed by atoms with Crippen molar-refractivity contribution in [1.82, 2.24) is 0 Å².